The number of pyridine rings is 1. The van der Waals surface area contributed by atoms with Gasteiger partial charge in [0.2, 0.25) is 5.88 Å². The number of amides is 1. The summed E-state index contributed by atoms with van der Waals surface area (Å²) >= 11 is 5.95. The summed E-state index contributed by atoms with van der Waals surface area (Å²) in [5.74, 6) is -0.608. The van der Waals surface area contributed by atoms with Gasteiger partial charge in [-0.15, -0.1) is 0 Å². The highest BCUT2D eigenvalue weighted by Gasteiger charge is 2.14. The van der Waals surface area contributed by atoms with E-state index in [1.54, 1.807) is 13.0 Å². The number of carbonyl (C=O) groups excluding carboxylic acids is 1. The number of nitriles is 1. The molecule has 150 valence electrons. The first-order valence-electron chi connectivity index (χ1n) is 8.14. The van der Waals surface area contributed by atoms with Gasteiger partial charge in [0.1, 0.15) is 11.6 Å². The van der Waals surface area contributed by atoms with E-state index in [-0.39, 0.29) is 34.3 Å². The van der Waals surface area contributed by atoms with Crippen molar-refractivity contribution in [2.75, 3.05) is 13.7 Å². The summed E-state index contributed by atoms with van der Waals surface area (Å²) in [5.41, 5.74) is 3.69. The molecule has 1 N–H and O–H groups in total. The van der Waals surface area contributed by atoms with Gasteiger partial charge in [-0.3, -0.25) is 14.9 Å². The van der Waals surface area contributed by atoms with Crippen molar-refractivity contribution in [1.82, 2.24) is 10.4 Å². The van der Waals surface area contributed by atoms with Crippen LogP contribution in [0.15, 0.2) is 29.4 Å². The predicted octanol–water partition coefficient (Wildman–Crippen LogP) is 2.50. The number of carbonyl (C=O) groups is 1. The van der Waals surface area contributed by atoms with Crippen LogP contribution in [0.5, 0.6) is 5.88 Å². The van der Waals surface area contributed by atoms with Crippen molar-refractivity contribution in [1.29, 1.82) is 5.26 Å². The summed E-state index contributed by atoms with van der Waals surface area (Å²) in [6, 6.07) is 7.52. The lowest BCUT2D eigenvalue weighted by atomic mass is 10.1. The molecule has 0 aliphatic rings. The minimum Gasteiger partial charge on any atom is -0.467 e. The molecule has 2 aromatic rings. The zero-order valence-electron chi connectivity index (χ0n) is 15.5. The number of hydrogen-bond donors (Lipinski definition) is 1. The third-order valence-electron chi connectivity index (χ3n) is 3.53. The molecule has 0 unspecified atom stereocenters. The number of benzene rings is 1. The number of nitrogens with zero attached hydrogens (tertiary/aromatic N) is 4. The number of aromatic nitrogens is 1. The van der Waals surface area contributed by atoms with Gasteiger partial charge in [0.15, 0.2) is 6.61 Å². The molecule has 1 aromatic carbocycles. The van der Waals surface area contributed by atoms with Gasteiger partial charge in [0.05, 0.1) is 17.7 Å². The number of nitrogens with one attached hydrogen (secondary N) is 1. The molecule has 1 heterocycles. The van der Waals surface area contributed by atoms with Crippen LogP contribution in [0.1, 0.15) is 22.4 Å². The summed E-state index contributed by atoms with van der Waals surface area (Å²) in [4.78, 5) is 26.3. The molecule has 0 fully saturated rings. The topological polar surface area (TPSA) is 140 Å². The molecule has 1 amide bonds. The van der Waals surface area contributed by atoms with Gasteiger partial charge < -0.3 is 9.47 Å². The van der Waals surface area contributed by atoms with Crippen molar-refractivity contribution in [2.24, 2.45) is 5.10 Å². The largest absolute Gasteiger partial charge is 0.467 e. The Kier molecular flexibility index (Phi) is 7.59. The number of methoxy groups -OCH3 is 1. The van der Waals surface area contributed by atoms with Crippen LogP contribution in [0.25, 0.3) is 0 Å². The second kappa shape index (κ2) is 10.1. The van der Waals surface area contributed by atoms with Crippen molar-refractivity contribution in [3.63, 3.8) is 0 Å². The predicted molar refractivity (Wildman–Crippen MR) is 104 cm³/mol. The number of hydrazone groups is 1. The first-order valence-corrected chi connectivity index (χ1v) is 8.51. The number of nitro benzene ring substituents is 1. The lowest BCUT2D eigenvalue weighted by molar-refractivity contribution is -0.384. The molecule has 11 heteroatoms. The van der Waals surface area contributed by atoms with Crippen LogP contribution in [0, 0.1) is 28.4 Å². The Hall–Kier alpha value is -3.55. The Morgan fingerprint density at radius 1 is 1.48 bits per heavy atom. The second-order valence-corrected chi connectivity index (χ2v) is 6.10. The second-order valence-electron chi connectivity index (χ2n) is 5.69. The number of rotatable bonds is 8. The SMILES string of the molecule is COCc1cc(C)nc(OCC(=O)N/N=C/c2cc([N+](=O)[O-])ccc2Cl)c1C#N. The molecule has 0 spiro atoms. The molecule has 2 rings (SSSR count). The van der Waals surface area contributed by atoms with Crippen molar-refractivity contribution in [2.45, 2.75) is 13.5 Å². The molecule has 29 heavy (non-hydrogen) atoms. The Morgan fingerprint density at radius 3 is 2.90 bits per heavy atom. The number of halogens is 1. The fraction of sp³-hybridized carbons (Fsp3) is 0.222. The van der Waals surface area contributed by atoms with E-state index in [4.69, 9.17) is 21.1 Å². The summed E-state index contributed by atoms with van der Waals surface area (Å²) < 4.78 is 10.4. The average molecular weight is 418 g/mol. The van der Waals surface area contributed by atoms with Gasteiger partial charge >= 0.3 is 0 Å². The molecule has 0 bridgehead atoms. The standard InChI is InChI=1S/C18H16ClN5O5/c1-11-5-13(9-28-2)15(7-20)18(22-11)29-10-17(25)23-21-8-12-6-14(24(26)27)3-4-16(12)19/h3-6,8H,9-10H2,1-2H3,(H,23,25)/b21-8+. The van der Waals surface area contributed by atoms with E-state index in [0.29, 0.717) is 11.3 Å². The van der Waals surface area contributed by atoms with E-state index in [1.807, 2.05) is 6.07 Å². The van der Waals surface area contributed by atoms with Gasteiger partial charge in [-0.25, -0.2) is 10.4 Å². The lowest BCUT2D eigenvalue weighted by Gasteiger charge is -2.10. The van der Waals surface area contributed by atoms with Gasteiger partial charge in [0, 0.05) is 41.1 Å². The third-order valence-corrected chi connectivity index (χ3v) is 3.88. The Morgan fingerprint density at radius 2 is 2.24 bits per heavy atom. The highest BCUT2D eigenvalue weighted by Crippen LogP contribution is 2.22. The van der Waals surface area contributed by atoms with Crippen LogP contribution >= 0.6 is 11.6 Å². The van der Waals surface area contributed by atoms with Crippen molar-refractivity contribution in [3.05, 3.63) is 61.8 Å². The molecule has 10 nitrogen and oxygen atoms in total. The maximum Gasteiger partial charge on any atom is 0.278 e. The van der Waals surface area contributed by atoms with Gasteiger partial charge in [-0.2, -0.15) is 10.4 Å². The Labute approximate surface area is 170 Å². The van der Waals surface area contributed by atoms with Crippen molar-refractivity contribution in [3.8, 4) is 11.9 Å². The molecule has 0 radical (unpaired) electrons. The molecular formula is C18H16ClN5O5. The van der Waals surface area contributed by atoms with Crippen molar-refractivity contribution >= 4 is 29.4 Å². The average Bonchev–Trinajstić information content (AvgIpc) is 2.67. The summed E-state index contributed by atoms with van der Waals surface area (Å²) in [6.45, 7) is 1.47. The van der Waals surface area contributed by atoms with E-state index in [2.05, 4.69) is 15.5 Å². The van der Waals surface area contributed by atoms with Gasteiger partial charge in [-0.1, -0.05) is 11.6 Å². The fourth-order valence-electron chi connectivity index (χ4n) is 2.29. The Bertz CT molecular complexity index is 1000. The molecular weight excluding hydrogens is 402 g/mol. The fourth-order valence-corrected chi connectivity index (χ4v) is 2.45. The number of ether oxygens (including phenoxy) is 2. The number of nitro groups is 1. The smallest absolute Gasteiger partial charge is 0.278 e. The first-order chi connectivity index (χ1) is 13.8. The van der Waals surface area contributed by atoms with Crippen LogP contribution in [-0.4, -0.2) is 35.7 Å². The molecule has 0 aliphatic carbocycles. The summed E-state index contributed by atoms with van der Waals surface area (Å²) in [6.07, 6.45) is 1.18. The zero-order valence-corrected chi connectivity index (χ0v) is 16.3. The van der Waals surface area contributed by atoms with E-state index < -0.39 is 17.4 Å². The minimum atomic E-state index is -0.622. The molecule has 0 aliphatic heterocycles. The molecule has 1 aromatic heterocycles. The molecule has 0 atom stereocenters. The summed E-state index contributed by atoms with van der Waals surface area (Å²) in [7, 11) is 1.50. The van der Waals surface area contributed by atoms with Crippen LogP contribution in [0.4, 0.5) is 5.69 Å². The first kappa shape index (κ1) is 21.7. The summed E-state index contributed by atoms with van der Waals surface area (Å²) in [5, 5.41) is 24.1. The van der Waals surface area contributed by atoms with E-state index in [0.717, 1.165) is 0 Å². The zero-order chi connectivity index (χ0) is 21.4. The molecule has 0 saturated carbocycles. The van der Waals surface area contributed by atoms with Crippen LogP contribution in [-0.2, 0) is 16.1 Å². The number of non-ortho nitro benzene ring substituents is 1. The van der Waals surface area contributed by atoms with E-state index in [9.17, 15) is 20.2 Å². The van der Waals surface area contributed by atoms with E-state index >= 15 is 0 Å². The Balaban J connectivity index is 2.03. The van der Waals surface area contributed by atoms with Crippen LogP contribution < -0.4 is 10.2 Å². The lowest BCUT2D eigenvalue weighted by Crippen LogP contribution is -2.25. The third kappa shape index (κ3) is 5.97. The quantitative estimate of drug-likeness (QED) is 0.395. The van der Waals surface area contributed by atoms with Crippen molar-refractivity contribution < 1.29 is 19.2 Å². The van der Waals surface area contributed by atoms with E-state index in [1.165, 1.54) is 31.5 Å². The van der Waals surface area contributed by atoms with Gasteiger partial charge in [-0.05, 0) is 19.1 Å². The number of aryl methyl sites for hydroxylation is 1. The maximum absolute atomic E-state index is 11.9. The highest BCUT2D eigenvalue weighted by molar-refractivity contribution is 6.33. The highest BCUT2D eigenvalue weighted by atomic mass is 35.5. The molecule has 0 saturated heterocycles. The normalized spacial score (nSPS) is 10.6. The minimum absolute atomic E-state index is 0.0143. The monoisotopic (exact) mass is 417 g/mol. The number of hydrogen-bond acceptors (Lipinski definition) is 8. The van der Waals surface area contributed by atoms with Crippen LogP contribution in [0.2, 0.25) is 5.02 Å². The van der Waals surface area contributed by atoms with Gasteiger partial charge in [0.25, 0.3) is 11.6 Å². The maximum atomic E-state index is 11.9. The van der Waals surface area contributed by atoms with Crippen LogP contribution in [0.3, 0.4) is 0 Å².